The third-order valence-electron chi connectivity index (χ3n) is 7.94. The fourth-order valence-corrected chi connectivity index (χ4v) is 6.55. The van der Waals surface area contributed by atoms with Crippen LogP contribution < -0.4 is 0 Å². The molecule has 0 unspecified atom stereocenters. The molecule has 11 heteroatoms. The van der Waals surface area contributed by atoms with Crippen molar-refractivity contribution in [2.45, 2.75) is 31.6 Å². The Labute approximate surface area is 257 Å². The first kappa shape index (κ1) is 31.0. The molecule has 0 saturated carbocycles. The summed E-state index contributed by atoms with van der Waals surface area (Å²) in [6.45, 7) is 5.92. The molecule has 5 rings (SSSR count). The number of rotatable bonds is 9. The van der Waals surface area contributed by atoms with E-state index in [4.69, 9.17) is 4.99 Å². The van der Waals surface area contributed by atoms with Crippen LogP contribution in [0.2, 0.25) is 0 Å². The van der Waals surface area contributed by atoms with E-state index < -0.39 is 10.0 Å². The van der Waals surface area contributed by atoms with Gasteiger partial charge < -0.3 is 19.9 Å². The van der Waals surface area contributed by atoms with Crippen LogP contribution in [0.1, 0.15) is 48.2 Å². The molecule has 2 heterocycles. The summed E-state index contributed by atoms with van der Waals surface area (Å²) in [6, 6.07) is 21.0. The first-order valence-corrected chi connectivity index (χ1v) is 16.1. The number of aliphatic imine (C=N–C) groups is 1. The number of nitrogens with zero attached hydrogens (tertiary/aromatic N) is 4. The van der Waals surface area contributed by atoms with E-state index in [1.165, 1.54) is 17.3 Å². The topological polar surface area (TPSA) is 126 Å². The lowest BCUT2D eigenvalue weighted by molar-refractivity contribution is -0.130. The van der Waals surface area contributed by atoms with Gasteiger partial charge in [0.15, 0.2) is 5.88 Å². The molecule has 4 aromatic rings. The molecule has 0 radical (unpaired) electrons. The number of nitrogens with one attached hydrogen (secondary N) is 1. The Balaban J connectivity index is 1.51. The second-order valence-corrected chi connectivity index (χ2v) is 13.0. The maximum atomic E-state index is 13.4. The monoisotopic (exact) mass is 615 g/mol. The Hall–Kier alpha value is -4.48. The molecular weight excluding hydrogens is 578 g/mol. The zero-order valence-electron chi connectivity index (χ0n) is 25.2. The van der Waals surface area contributed by atoms with Crippen molar-refractivity contribution < 1.29 is 23.1 Å². The number of hydrogen-bond acceptors (Lipinski definition) is 6. The van der Waals surface area contributed by atoms with Crippen molar-refractivity contribution in [3.63, 3.8) is 0 Å². The molecule has 0 spiro atoms. The van der Waals surface area contributed by atoms with Gasteiger partial charge in [-0.15, -0.1) is 0 Å². The first-order valence-electron chi connectivity index (χ1n) is 14.7. The average molecular weight is 616 g/mol. The second-order valence-electron chi connectivity index (χ2n) is 10.9. The predicted molar refractivity (Wildman–Crippen MR) is 171 cm³/mol. The summed E-state index contributed by atoms with van der Waals surface area (Å²) >= 11 is 0. The summed E-state index contributed by atoms with van der Waals surface area (Å²) < 4.78 is 28.1. The van der Waals surface area contributed by atoms with Crippen molar-refractivity contribution in [2.24, 2.45) is 4.99 Å². The summed E-state index contributed by atoms with van der Waals surface area (Å²) in [5.41, 5.74) is 3.19. The number of carbonyl (C=O) groups is 2. The van der Waals surface area contributed by atoms with Gasteiger partial charge in [0.2, 0.25) is 15.9 Å². The molecule has 2 N–H and O–H groups in total. The average Bonchev–Trinajstić information content (AvgIpc) is 3.37. The van der Waals surface area contributed by atoms with Crippen molar-refractivity contribution in [1.29, 1.82) is 0 Å². The van der Waals surface area contributed by atoms with Crippen LogP contribution in [0.25, 0.3) is 10.9 Å². The largest absolute Gasteiger partial charge is 0.494 e. The minimum atomic E-state index is -3.75. The van der Waals surface area contributed by atoms with Crippen molar-refractivity contribution in [3.8, 4) is 5.88 Å². The summed E-state index contributed by atoms with van der Waals surface area (Å²) in [4.78, 5) is 36.2. The highest BCUT2D eigenvalue weighted by Crippen LogP contribution is 2.33. The molecule has 2 amide bonds. The maximum absolute atomic E-state index is 13.4. The van der Waals surface area contributed by atoms with Crippen LogP contribution in [0.15, 0.2) is 82.7 Å². The Kier molecular flexibility index (Phi) is 9.17. The van der Waals surface area contributed by atoms with E-state index in [1.807, 2.05) is 37.3 Å². The van der Waals surface area contributed by atoms with E-state index in [2.05, 4.69) is 4.98 Å². The summed E-state index contributed by atoms with van der Waals surface area (Å²) in [5, 5.41) is 11.6. The number of fused-ring (bicyclic) bond motifs is 1. The van der Waals surface area contributed by atoms with Gasteiger partial charge in [-0.1, -0.05) is 43.7 Å². The van der Waals surface area contributed by atoms with Gasteiger partial charge >= 0.3 is 0 Å². The highest BCUT2D eigenvalue weighted by Gasteiger charge is 2.25. The fourth-order valence-electron chi connectivity index (χ4n) is 5.31. The van der Waals surface area contributed by atoms with Gasteiger partial charge in [-0.2, -0.15) is 0 Å². The lowest BCUT2D eigenvalue weighted by Gasteiger charge is -2.34. The number of unbranched alkanes of at least 4 members (excludes halogenated alkanes) is 1. The SMILES string of the molecule is CCCCN(C)S(=O)(=O)c1ccc2[nH]c(O)c(C(=Nc3ccc(C(=O)N4CCN(C(C)=O)CC4)cc3)c3ccccc3)c2c1. The second kappa shape index (κ2) is 13.0. The lowest BCUT2D eigenvalue weighted by atomic mass is 10.0. The predicted octanol–water partition coefficient (Wildman–Crippen LogP) is 4.77. The summed E-state index contributed by atoms with van der Waals surface area (Å²) in [6.07, 6.45) is 1.62. The number of amides is 2. The van der Waals surface area contributed by atoms with Crippen LogP contribution in [-0.2, 0) is 14.8 Å². The Morgan fingerprint density at radius 3 is 2.23 bits per heavy atom. The number of aromatic amines is 1. The van der Waals surface area contributed by atoms with E-state index in [1.54, 1.807) is 53.2 Å². The lowest BCUT2D eigenvalue weighted by Crippen LogP contribution is -2.50. The Bertz CT molecular complexity index is 1790. The van der Waals surface area contributed by atoms with E-state index >= 15 is 0 Å². The highest BCUT2D eigenvalue weighted by atomic mass is 32.2. The third-order valence-corrected chi connectivity index (χ3v) is 9.79. The van der Waals surface area contributed by atoms with Crippen molar-refractivity contribution in [3.05, 3.63) is 89.5 Å². The molecule has 0 aliphatic carbocycles. The van der Waals surface area contributed by atoms with Crippen LogP contribution >= 0.6 is 0 Å². The highest BCUT2D eigenvalue weighted by molar-refractivity contribution is 7.89. The smallest absolute Gasteiger partial charge is 0.253 e. The standard InChI is InChI=1S/C33H37N5O5S/c1-4-5-17-36(3)44(42,43)27-15-16-29-28(22-27)30(32(40)35-29)31(24-9-7-6-8-10-24)34-26-13-11-25(12-14-26)33(41)38-20-18-37(19-21-38)23(2)39/h6-16,22,35,40H,4-5,17-21H2,1-3H3. The molecule has 0 bridgehead atoms. The van der Waals surface area contributed by atoms with Gasteiger partial charge in [-0.3, -0.25) is 9.59 Å². The number of piperazine rings is 1. The van der Waals surface area contributed by atoms with E-state index in [-0.39, 0.29) is 22.6 Å². The van der Waals surface area contributed by atoms with Gasteiger partial charge in [0.1, 0.15) is 0 Å². The van der Waals surface area contributed by atoms with Crippen LogP contribution in [-0.4, -0.2) is 89.9 Å². The molecule has 1 fully saturated rings. The van der Waals surface area contributed by atoms with Gasteiger partial charge in [-0.25, -0.2) is 17.7 Å². The molecule has 0 atom stereocenters. The number of H-pyrrole nitrogens is 1. The molecule has 1 saturated heterocycles. The van der Waals surface area contributed by atoms with Crippen LogP contribution in [0.4, 0.5) is 5.69 Å². The molecule has 10 nitrogen and oxygen atoms in total. The molecule has 1 aliphatic rings. The van der Waals surface area contributed by atoms with Gasteiger partial charge in [0.25, 0.3) is 5.91 Å². The van der Waals surface area contributed by atoms with Crippen molar-refractivity contribution >= 4 is 44.1 Å². The normalized spacial score (nSPS) is 14.4. The molecule has 230 valence electrons. The Morgan fingerprint density at radius 1 is 0.932 bits per heavy atom. The van der Waals surface area contributed by atoms with Crippen molar-refractivity contribution in [2.75, 3.05) is 39.8 Å². The van der Waals surface area contributed by atoms with Gasteiger partial charge in [-0.05, 0) is 48.9 Å². The van der Waals surface area contributed by atoms with Crippen LogP contribution in [0.3, 0.4) is 0 Å². The number of benzene rings is 3. The number of aromatic hydroxyl groups is 1. The minimum absolute atomic E-state index is 0.00642. The molecule has 1 aliphatic heterocycles. The number of hydrogen-bond donors (Lipinski definition) is 2. The first-order chi connectivity index (χ1) is 21.1. The summed E-state index contributed by atoms with van der Waals surface area (Å²) in [5.74, 6) is -0.237. The van der Waals surface area contributed by atoms with Gasteiger partial charge in [0, 0.05) is 68.7 Å². The van der Waals surface area contributed by atoms with E-state index in [9.17, 15) is 23.1 Å². The Morgan fingerprint density at radius 2 is 1.59 bits per heavy atom. The maximum Gasteiger partial charge on any atom is 0.253 e. The molecule has 44 heavy (non-hydrogen) atoms. The zero-order chi connectivity index (χ0) is 31.4. The molecule has 1 aromatic heterocycles. The quantitative estimate of drug-likeness (QED) is 0.263. The summed E-state index contributed by atoms with van der Waals surface area (Å²) in [7, 11) is -2.17. The number of sulfonamides is 1. The fraction of sp³-hybridized carbons (Fsp3) is 0.303. The number of aromatic nitrogens is 1. The van der Waals surface area contributed by atoms with Gasteiger partial charge in [0.05, 0.1) is 21.9 Å². The molecular formula is C33H37N5O5S. The molecule has 3 aromatic carbocycles. The zero-order valence-corrected chi connectivity index (χ0v) is 26.0. The van der Waals surface area contributed by atoms with E-state index in [0.29, 0.717) is 66.2 Å². The van der Waals surface area contributed by atoms with Crippen LogP contribution in [0.5, 0.6) is 5.88 Å². The van der Waals surface area contributed by atoms with Crippen molar-refractivity contribution in [1.82, 2.24) is 19.1 Å². The van der Waals surface area contributed by atoms with Crippen LogP contribution in [0, 0.1) is 0 Å². The third kappa shape index (κ3) is 6.39. The minimum Gasteiger partial charge on any atom is -0.494 e. The number of carbonyl (C=O) groups excluding carboxylic acids is 2. The van der Waals surface area contributed by atoms with E-state index in [0.717, 1.165) is 18.4 Å².